The second-order valence-electron chi connectivity index (χ2n) is 6.21. The standard InChI is InChI=1S/C20H19N3O6/c1-12-17(13(2)29-22-12)11-28-15-6-4-14(5-7-15)20(24)21-18-9-8-16(27-3)10-19(18)23(25)26/h4-10H,11H2,1-3H3,(H,21,24). The fourth-order valence-corrected chi connectivity index (χ4v) is 2.66. The molecule has 0 aliphatic heterocycles. The quantitative estimate of drug-likeness (QED) is 0.472. The Morgan fingerprint density at radius 3 is 2.45 bits per heavy atom. The van der Waals surface area contributed by atoms with Gasteiger partial charge in [-0.05, 0) is 50.2 Å². The minimum absolute atomic E-state index is 0.0829. The number of nitrogens with one attached hydrogen (secondary N) is 1. The van der Waals surface area contributed by atoms with E-state index < -0.39 is 10.8 Å². The first kappa shape index (κ1) is 19.9. The van der Waals surface area contributed by atoms with Crippen LogP contribution in [0.2, 0.25) is 0 Å². The maximum absolute atomic E-state index is 12.5. The molecule has 3 rings (SSSR count). The van der Waals surface area contributed by atoms with E-state index in [9.17, 15) is 14.9 Å². The van der Waals surface area contributed by atoms with E-state index in [1.165, 1.54) is 25.3 Å². The number of benzene rings is 2. The molecule has 0 fully saturated rings. The molecule has 0 radical (unpaired) electrons. The minimum Gasteiger partial charge on any atom is -0.496 e. The van der Waals surface area contributed by atoms with Crippen molar-refractivity contribution in [3.05, 3.63) is 75.2 Å². The molecule has 0 saturated heterocycles. The second-order valence-corrected chi connectivity index (χ2v) is 6.21. The Balaban J connectivity index is 1.69. The smallest absolute Gasteiger partial charge is 0.296 e. The summed E-state index contributed by atoms with van der Waals surface area (Å²) >= 11 is 0. The van der Waals surface area contributed by atoms with Crippen molar-refractivity contribution in [1.82, 2.24) is 5.16 Å². The number of carbonyl (C=O) groups is 1. The summed E-state index contributed by atoms with van der Waals surface area (Å²) in [6.07, 6.45) is 0. The summed E-state index contributed by atoms with van der Waals surface area (Å²) in [5, 5.41) is 17.7. The summed E-state index contributed by atoms with van der Waals surface area (Å²) in [5.41, 5.74) is 1.80. The molecule has 0 aliphatic carbocycles. The summed E-state index contributed by atoms with van der Waals surface area (Å²) in [7, 11) is 1.41. The average Bonchev–Trinajstić information content (AvgIpc) is 3.04. The number of carbonyl (C=O) groups excluding carboxylic acids is 1. The maximum atomic E-state index is 12.5. The van der Waals surface area contributed by atoms with Crippen molar-refractivity contribution in [3.8, 4) is 11.5 Å². The highest BCUT2D eigenvalue weighted by atomic mass is 16.6. The van der Waals surface area contributed by atoms with Crippen molar-refractivity contribution in [2.75, 3.05) is 12.4 Å². The number of rotatable bonds is 7. The SMILES string of the molecule is COc1ccc(NC(=O)c2ccc(OCc3c(C)noc3C)cc2)c([N+](=O)[O-])c1. The molecule has 9 nitrogen and oxygen atoms in total. The van der Waals surface area contributed by atoms with Crippen LogP contribution in [-0.4, -0.2) is 23.1 Å². The number of nitrogens with zero attached hydrogens (tertiary/aromatic N) is 2. The van der Waals surface area contributed by atoms with Crippen LogP contribution in [0, 0.1) is 24.0 Å². The molecule has 0 spiro atoms. The molecular formula is C20H19N3O6. The first-order chi connectivity index (χ1) is 13.9. The van der Waals surface area contributed by atoms with Gasteiger partial charge in [0.2, 0.25) is 0 Å². The minimum atomic E-state index is -0.580. The van der Waals surface area contributed by atoms with Crippen LogP contribution in [0.25, 0.3) is 0 Å². The van der Waals surface area contributed by atoms with Crippen LogP contribution in [0.5, 0.6) is 11.5 Å². The van der Waals surface area contributed by atoms with Crippen molar-refractivity contribution in [2.45, 2.75) is 20.5 Å². The molecule has 29 heavy (non-hydrogen) atoms. The third-order valence-electron chi connectivity index (χ3n) is 4.33. The van der Waals surface area contributed by atoms with Gasteiger partial charge in [0.1, 0.15) is 29.6 Å². The molecular weight excluding hydrogens is 378 g/mol. The molecule has 1 aromatic heterocycles. The number of methoxy groups -OCH3 is 1. The van der Waals surface area contributed by atoms with E-state index in [0.717, 1.165) is 11.3 Å². The van der Waals surface area contributed by atoms with E-state index >= 15 is 0 Å². The van der Waals surface area contributed by atoms with E-state index in [1.54, 1.807) is 24.3 Å². The molecule has 150 valence electrons. The Kier molecular flexibility index (Phi) is 5.77. The summed E-state index contributed by atoms with van der Waals surface area (Å²) in [5.74, 6) is 1.11. The predicted octanol–water partition coefficient (Wildman–Crippen LogP) is 4.04. The number of nitro benzene ring substituents is 1. The van der Waals surface area contributed by atoms with Gasteiger partial charge in [-0.15, -0.1) is 0 Å². The van der Waals surface area contributed by atoms with Gasteiger partial charge in [0.15, 0.2) is 0 Å². The molecule has 0 saturated carbocycles. The number of hydrogen-bond donors (Lipinski definition) is 1. The van der Waals surface area contributed by atoms with Gasteiger partial charge in [-0.1, -0.05) is 5.16 Å². The summed E-state index contributed by atoms with van der Waals surface area (Å²) in [6.45, 7) is 3.94. The van der Waals surface area contributed by atoms with E-state index in [0.29, 0.717) is 29.4 Å². The highest BCUT2D eigenvalue weighted by Gasteiger charge is 2.18. The van der Waals surface area contributed by atoms with Gasteiger partial charge >= 0.3 is 0 Å². The normalized spacial score (nSPS) is 10.4. The van der Waals surface area contributed by atoms with E-state index in [1.807, 2.05) is 13.8 Å². The topological polar surface area (TPSA) is 117 Å². The van der Waals surface area contributed by atoms with Crippen LogP contribution in [0.1, 0.15) is 27.4 Å². The van der Waals surface area contributed by atoms with Crippen molar-refractivity contribution in [3.63, 3.8) is 0 Å². The Morgan fingerprint density at radius 2 is 1.86 bits per heavy atom. The maximum Gasteiger partial charge on any atom is 0.296 e. The van der Waals surface area contributed by atoms with Gasteiger partial charge in [0, 0.05) is 5.56 Å². The zero-order valence-corrected chi connectivity index (χ0v) is 16.1. The Labute approximate surface area is 166 Å². The number of amides is 1. The van der Waals surface area contributed by atoms with Gasteiger partial charge in [0.05, 0.1) is 29.4 Å². The van der Waals surface area contributed by atoms with Crippen LogP contribution in [0.4, 0.5) is 11.4 Å². The lowest BCUT2D eigenvalue weighted by Crippen LogP contribution is -2.13. The fraction of sp³-hybridized carbons (Fsp3) is 0.200. The van der Waals surface area contributed by atoms with E-state index in [2.05, 4.69) is 10.5 Å². The fourth-order valence-electron chi connectivity index (χ4n) is 2.66. The molecule has 1 N–H and O–H groups in total. The lowest BCUT2D eigenvalue weighted by molar-refractivity contribution is -0.384. The molecule has 0 atom stereocenters. The predicted molar refractivity (Wildman–Crippen MR) is 104 cm³/mol. The number of hydrogen-bond acceptors (Lipinski definition) is 7. The van der Waals surface area contributed by atoms with Crippen molar-refractivity contribution in [1.29, 1.82) is 0 Å². The third kappa shape index (κ3) is 4.52. The second kappa shape index (κ2) is 8.42. The Morgan fingerprint density at radius 1 is 1.17 bits per heavy atom. The van der Waals surface area contributed by atoms with Crippen LogP contribution in [0.3, 0.4) is 0 Å². The zero-order valence-electron chi connectivity index (χ0n) is 16.1. The van der Waals surface area contributed by atoms with Gasteiger partial charge in [-0.3, -0.25) is 14.9 Å². The van der Waals surface area contributed by atoms with Crippen LogP contribution < -0.4 is 14.8 Å². The van der Waals surface area contributed by atoms with E-state index in [4.69, 9.17) is 14.0 Å². The van der Waals surface area contributed by atoms with E-state index in [-0.39, 0.29) is 11.4 Å². The highest BCUT2D eigenvalue weighted by Crippen LogP contribution is 2.29. The van der Waals surface area contributed by atoms with Crippen molar-refractivity contribution in [2.24, 2.45) is 0 Å². The van der Waals surface area contributed by atoms with Crippen molar-refractivity contribution < 1.29 is 23.7 Å². The zero-order chi connectivity index (χ0) is 21.0. The van der Waals surface area contributed by atoms with Crippen LogP contribution >= 0.6 is 0 Å². The molecule has 1 heterocycles. The van der Waals surface area contributed by atoms with Gasteiger partial charge in [0.25, 0.3) is 11.6 Å². The van der Waals surface area contributed by atoms with Gasteiger partial charge in [-0.25, -0.2) is 0 Å². The molecule has 0 unspecified atom stereocenters. The lowest BCUT2D eigenvalue weighted by atomic mass is 10.2. The molecule has 0 bridgehead atoms. The monoisotopic (exact) mass is 397 g/mol. The highest BCUT2D eigenvalue weighted by molar-refractivity contribution is 6.05. The van der Waals surface area contributed by atoms with Crippen LogP contribution in [0.15, 0.2) is 47.0 Å². The Hall–Kier alpha value is -3.88. The average molecular weight is 397 g/mol. The van der Waals surface area contributed by atoms with Gasteiger partial charge in [-0.2, -0.15) is 0 Å². The largest absolute Gasteiger partial charge is 0.496 e. The molecule has 3 aromatic rings. The number of ether oxygens (including phenoxy) is 2. The summed E-state index contributed by atoms with van der Waals surface area (Å²) in [4.78, 5) is 23.1. The first-order valence-electron chi connectivity index (χ1n) is 8.67. The number of anilines is 1. The Bertz CT molecular complexity index is 1020. The number of aryl methyl sites for hydroxylation is 2. The third-order valence-corrected chi connectivity index (χ3v) is 4.33. The number of aromatic nitrogens is 1. The molecule has 0 aliphatic rings. The molecule has 2 aromatic carbocycles. The summed E-state index contributed by atoms with van der Waals surface area (Å²) in [6, 6.07) is 10.7. The summed E-state index contributed by atoms with van der Waals surface area (Å²) < 4.78 is 15.8. The van der Waals surface area contributed by atoms with Gasteiger partial charge < -0.3 is 19.3 Å². The van der Waals surface area contributed by atoms with Crippen LogP contribution in [-0.2, 0) is 6.61 Å². The lowest BCUT2D eigenvalue weighted by Gasteiger charge is -2.09. The van der Waals surface area contributed by atoms with Crippen molar-refractivity contribution >= 4 is 17.3 Å². The number of nitro groups is 1. The molecule has 9 heteroatoms. The molecule has 1 amide bonds. The first-order valence-corrected chi connectivity index (χ1v) is 8.67.